The Kier molecular flexibility index (Phi) is 3.85. The van der Waals surface area contributed by atoms with Gasteiger partial charge in [-0.25, -0.2) is 8.78 Å². The number of piperidine rings is 1. The van der Waals surface area contributed by atoms with Crippen molar-refractivity contribution < 1.29 is 13.6 Å². The van der Waals surface area contributed by atoms with Crippen molar-refractivity contribution in [1.29, 1.82) is 0 Å². The molecule has 1 aliphatic heterocycles. The highest BCUT2D eigenvalue weighted by molar-refractivity contribution is 5.95. The Hall–Kier alpha value is -1.49. The molecule has 2 rings (SSSR count). The molecule has 1 fully saturated rings. The van der Waals surface area contributed by atoms with Crippen LogP contribution in [0.5, 0.6) is 0 Å². The molecule has 0 aromatic heterocycles. The number of amides is 1. The van der Waals surface area contributed by atoms with E-state index in [1.165, 1.54) is 0 Å². The first kappa shape index (κ1) is 13.9. The number of carbonyl (C=O) groups is 1. The monoisotopic (exact) mass is 268 g/mol. The summed E-state index contributed by atoms with van der Waals surface area (Å²) >= 11 is 0. The van der Waals surface area contributed by atoms with Gasteiger partial charge in [0.15, 0.2) is 0 Å². The second-order valence-corrected chi connectivity index (χ2v) is 5.63. The van der Waals surface area contributed by atoms with Crippen LogP contribution in [-0.4, -0.2) is 18.5 Å². The zero-order valence-electron chi connectivity index (χ0n) is 11.1. The van der Waals surface area contributed by atoms with Crippen molar-refractivity contribution in [3.05, 3.63) is 29.8 Å². The molecule has 1 unspecified atom stereocenters. The fourth-order valence-corrected chi connectivity index (χ4v) is 2.50. The number of benzene rings is 1. The van der Waals surface area contributed by atoms with Crippen LogP contribution in [0.1, 0.15) is 26.7 Å². The third-order valence-corrected chi connectivity index (χ3v) is 3.52. The number of anilines is 1. The van der Waals surface area contributed by atoms with E-state index in [0.29, 0.717) is 0 Å². The normalized spacial score (nSPS) is 22.0. The van der Waals surface area contributed by atoms with Gasteiger partial charge < -0.3 is 10.6 Å². The molecule has 1 aromatic rings. The molecule has 1 aromatic carbocycles. The van der Waals surface area contributed by atoms with Crippen LogP contribution in [0.2, 0.25) is 0 Å². The van der Waals surface area contributed by atoms with Gasteiger partial charge in [-0.3, -0.25) is 4.79 Å². The molecule has 0 aliphatic carbocycles. The van der Waals surface area contributed by atoms with Crippen LogP contribution in [0.25, 0.3) is 0 Å². The van der Waals surface area contributed by atoms with Gasteiger partial charge in [-0.15, -0.1) is 0 Å². The number of halogens is 2. The van der Waals surface area contributed by atoms with Crippen LogP contribution in [0.15, 0.2) is 18.2 Å². The summed E-state index contributed by atoms with van der Waals surface area (Å²) in [5.41, 5.74) is -0.0283. The van der Waals surface area contributed by atoms with Crippen molar-refractivity contribution in [2.75, 3.05) is 11.9 Å². The molecule has 104 valence electrons. The topological polar surface area (TPSA) is 41.1 Å². The molecule has 0 radical (unpaired) electrons. The van der Waals surface area contributed by atoms with Crippen molar-refractivity contribution in [2.24, 2.45) is 5.41 Å². The molecule has 0 saturated carbocycles. The predicted octanol–water partition coefficient (Wildman–Crippen LogP) is 2.68. The summed E-state index contributed by atoms with van der Waals surface area (Å²) in [7, 11) is 0. The summed E-state index contributed by atoms with van der Waals surface area (Å²) in [5.74, 6) is -1.66. The maximum absolute atomic E-state index is 13.1. The Morgan fingerprint density at radius 3 is 2.53 bits per heavy atom. The van der Waals surface area contributed by atoms with Gasteiger partial charge in [-0.2, -0.15) is 0 Å². The van der Waals surface area contributed by atoms with Gasteiger partial charge in [0.2, 0.25) is 5.91 Å². The molecule has 0 bridgehead atoms. The maximum atomic E-state index is 13.1. The SMILES string of the molecule is CC1(C)CCCNC1C(=O)Nc1cc(F)cc(F)c1. The van der Waals surface area contributed by atoms with Crippen molar-refractivity contribution >= 4 is 11.6 Å². The largest absolute Gasteiger partial charge is 0.325 e. The number of nitrogens with one attached hydrogen (secondary N) is 2. The fraction of sp³-hybridized carbons (Fsp3) is 0.500. The van der Waals surface area contributed by atoms with Gasteiger partial charge in [0.05, 0.1) is 6.04 Å². The van der Waals surface area contributed by atoms with Crippen LogP contribution in [0, 0.1) is 17.0 Å². The minimum Gasteiger partial charge on any atom is -0.325 e. The van der Waals surface area contributed by atoms with Crippen molar-refractivity contribution in [1.82, 2.24) is 5.32 Å². The summed E-state index contributed by atoms with van der Waals surface area (Å²) in [6.45, 7) is 4.80. The van der Waals surface area contributed by atoms with E-state index in [-0.39, 0.29) is 23.1 Å². The predicted molar refractivity (Wildman–Crippen MR) is 69.8 cm³/mol. The Labute approximate surface area is 111 Å². The van der Waals surface area contributed by atoms with Crippen LogP contribution in [0.4, 0.5) is 14.5 Å². The summed E-state index contributed by atoms with van der Waals surface area (Å²) < 4.78 is 26.1. The number of rotatable bonds is 2. The first-order chi connectivity index (χ1) is 8.88. The summed E-state index contributed by atoms with van der Waals surface area (Å²) in [5, 5.41) is 5.73. The van der Waals surface area contributed by atoms with Crippen molar-refractivity contribution in [3.8, 4) is 0 Å². The van der Waals surface area contributed by atoms with E-state index in [0.717, 1.165) is 37.6 Å². The van der Waals surface area contributed by atoms with E-state index < -0.39 is 11.6 Å². The second-order valence-electron chi connectivity index (χ2n) is 5.63. The molecular weight excluding hydrogens is 250 g/mol. The van der Waals surface area contributed by atoms with Crippen molar-refractivity contribution in [2.45, 2.75) is 32.7 Å². The summed E-state index contributed by atoms with van der Waals surface area (Å²) in [6.07, 6.45) is 1.96. The molecule has 2 N–H and O–H groups in total. The van der Waals surface area contributed by atoms with E-state index in [1.54, 1.807) is 0 Å². The smallest absolute Gasteiger partial charge is 0.242 e. The minimum atomic E-state index is -0.703. The van der Waals surface area contributed by atoms with Crippen LogP contribution in [-0.2, 0) is 4.79 Å². The quantitative estimate of drug-likeness (QED) is 0.866. The maximum Gasteiger partial charge on any atom is 0.242 e. The van der Waals surface area contributed by atoms with Gasteiger partial charge >= 0.3 is 0 Å². The van der Waals surface area contributed by atoms with Gasteiger partial charge in [0, 0.05) is 11.8 Å². The highest BCUT2D eigenvalue weighted by Crippen LogP contribution is 2.30. The average Bonchev–Trinajstić information content (AvgIpc) is 2.26. The molecule has 1 amide bonds. The Balaban J connectivity index is 2.12. The van der Waals surface area contributed by atoms with Gasteiger partial charge in [-0.1, -0.05) is 13.8 Å². The first-order valence-electron chi connectivity index (χ1n) is 6.39. The van der Waals surface area contributed by atoms with Crippen molar-refractivity contribution in [3.63, 3.8) is 0 Å². The van der Waals surface area contributed by atoms with Gasteiger partial charge in [-0.05, 0) is 36.9 Å². The van der Waals surface area contributed by atoms with E-state index in [2.05, 4.69) is 10.6 Å². The number of carbonyl (C=O) groups excluding carboxylic acids is 1. The van der Waals surface area contributed by atoms with E-state index >= 15 is 0 Å². The highest BCUT2D eigenvalue weighted by Gasteiger charge is 2.37. The lowest BCUT2D eigenvalue weighted by atomic mass is 9.77. The van der Waals surface area contributed by atoms with Crippen LogP contribution < -0.4 is 10.6 Å². The molecule has 5 heteroatoms. The third-order valence-electron chi connectivity index (χ3n) is 3.52. The molecule has 19 heavy (non-hydrogen) atoms. The lowest BCUT2D eigenvalue weighted by molar-refractivity contribution is -0.121. The van der Waals surface area contributed by atoms with E-state index in [1.807, 2.05) is 13.8 Å². The zero-order chi connectivity index (χ0) is 14.0. The molecule has 1 saturated heterocycles. The van der Waals surface area contributed by atoms with Crippen LogP contribution in [0.3, 0.4) is 0 Å². The average molecular weight is 268 g/mol. The zero-order valence-corrected chi connectivity index (χ0v) is 11.1. The second kappa shape index (κ2) is 5.25. The first-order valence-corrected chi connectivity index (χ1v) is 6.39. The van der Waals surface area contributed by atoms with E-state index in [9.17, 15) is 13.6 Å². The Morgan fingerprint density at radius 1 is 1.32 bits per heavy atom. The lowest BCUT2D eigenvalue weighted by Crippen LogP contribution is -2.53. The molecular formula is C14H18F2N2O. The summed E-state index contributed by atoms with van der Waals surface area (Å²) in [6, 6.07) is 2.64. The molecule has 3 nitrogen and oxygen atoms in total. The molecule has 1 heterocycles. The summed E-state index contributed by atoms with van der Waals surface area (Å²) in [4.78, 5) is 12.2. The molecule has 1 atom stereocenters. The number of hydrogen-bond donors (Lipinski definition) is 2. The van der Waals surface area contributed by atoms with Gasteiger partial charge in [0.25, 0.3) is 0 Å². The van der Waals surface area contributed by atoms with Crippen LogP contribution >= 0.6 is 0 Å². The lowest BCUT2D eigenvalue weighted by Gasteiger charge is -2.38. The van der Waals surface area contributed by atoms with Gasteiger partial charge in [0.1, 0.15) is 11.6 Å². The Morgan fingerprint density at radius 2 is 1.95 bits per heavy atom. The molecule has 0 spiro atoms. The van der Waals surface area contributed by atoms with E-state index in [4.69, 9.17) is 0 Å². The number of hydrogen-bond acceptors (Lipinski definition) is 2. The minimum absolute atomic E-state index is 0.144. The highest BCUT2D eigenvalue weighted by atomic mass is 19.1. The standard InChI is InChI=1S/C14H18F2N2O/c1-14(2)4-3-5-17-12(14)13(19)18-11-7-9(15)6-10(16)8-11/h6-8,12,17H,3-5H2,1-2H3,(H,18,19). The Bertz CT molecular complexity index is 468. The third kappa shape index (κ3) is 3.29. The fourth-order valence-electron chi connectivity index (χ4n) is 2.50. The molecule has 1 aliphatic rings.